The van der Waals surface area contributed by atoms with Crippen LogP contribution in [0.25, 0.3) is 0 Å². The largest absolute Gasteiger partial charge is 0.490 e. The van der Waals surface area contributed by atoms with Gasteiger partial charge in [0, 0.05) is 25.2 Å². The van der Waals surface area contributed by atoms with Gasteiger partial charge in [0.15, 0.2) is 5.75 Å². The van der Waals surface area contributed by atoms with E-state index in [0.29, 0.717) is 6.54 Å². The Bertz CT molecular complexity index is 657. The lowest BCUT2D eigenvalue weighted by atomic mass is 10.1. The first-order valence-electron chi connectivity index (χ1n) is 6.35. The maximum atomic E-state index is 12.5. The fraction of sp³-hybridized carbons (Fsp3) is 0.500. The number of nitrogens with two attached hydrogens (primary N) is 1. The average molecular weight is 352 g/mol. The summed E-state index contributed by atoms with van der Waals surface area (Å²) in [5, 5.41) is 11.0. The Kier molecular flexibility index (Phi) is 5.74. The molecule has 2 N–H and O–H groups in total. The third-order valence-electron chi connectivity index (χ3n) is 3.62. The molecule has 1 aromatic carbocycles. The third kappa shape index (κ3) is 3.32. The van der Waals surface area contributed by atoms with E-state index in [9.17, 15) is 18.5 Å². The lowest BCUT2D eigenvalue weighted by Gasteiger charge is -2.16. The Labute approximate surface area is 134 Å². The van der Waals surface area contributed by atoms with Gasteiger partial charge in [-0.1, -0.05) is 6.92 Å². The molecule has 0 amide bonds. The molecule has 1 aliphatic rings. The lowest BCUT2D eigenvalue weighted by Crippen LogP contribution is -2.32. The normalized spacial score (nSPS) is 22.1. The molecule has 0 aromatic heterocycles. The molecule has 22 heavy (non-hydrogen) atoms. The summed E-state index contributed by atoms with van der Waals surface area (Å²) in [6.45, 7) is 2.39. The van der Waals surface area contributed by atoms with Gasteiger partial charge in [0.2, 0.25) is 10.0 Å². The van der Waals surface area contributed by atoms with Crippen LogP contribution in [-0.4, -0.2) is 43.9 Å². The van der Waals surface area contributed by atoms with Gasteiger partial charge in [-0.15, -0.1) is 12.4 Å². The highest BCUT2D eigenvalue weighted by atomic mass is 35.5. The molecule has 8 nitrogen and oxygen atoms in total. The van der Waals surface area contributed by atoms with Crippen LogP contribution in [-0.2, 0) is 10.0 Å². The predicted molar refractivity (Wildman–Crippen MR) is 82.8 cm³/mol. The van der Waals surface area contributed by atoms with Crippen LogP contribution in [0, 0.1) is 16.0 Å². The monoisotopic (exact) mass is 351 g/mol. The van der Waals surface area contributed by atoms with Crippen molar-refractivity contribution >= 4 is 28.1 Å². The van der Waals surface area contributed by atoms with E-state index in [1.807, 2.05) is 6.92 Å². The van der Waals surface area contributed by atoms with Crippen molar-refractivity contribution in [2.24, 2.45) is 11.7 Å². The highest BCUT2D eigenvalue weighted by Gasteiger charge is 2.36. The molecule has 2 atom stereocenters. The number of halogens is 1. The van der Waals surface area contributed by atoms with Crippen LogP contribution in [0.15, 0.2) is 23.1 Å². The van der Waals surface area contributed by atoms with E-state index in [1.54, 1.807) is 0 Å². The first kappa shape index (κ1) is 18.6. The molecule has 0 bridgehead atoms. The van der Waals surface area contributed by atoms with Crippen molar-refractivity contribution in [2.75, 3.05) is 20.2 Å². The first-order valence-corrected chi connectivity index (χ1v) is 7.79. The highest BCUT2D eigenvalue weighted by Crippen LogP contribution is 2.31. The van der Waals surface area contributed by atoms with Crippen LogP contribution in [0.1, 0.15) is 6.92 Å². The predicted octanol–water partition coefficient (Wildman–Crippen LogP) is 0.993. The molecule has 1 fully saturated rings. The van der Waals surface area contributed by atoms with Crippen molar-refractivity contribution in [2.45, 2.75) is 17.9 Å². The van der Waals surface area contributed by atoms with Crippen LogP contribution in [0.5, 0.6) is 5.75 Å². The SMILES string of the molecule is COc1ccc(S(=O)(=O)N2CC(C)C(N)C2)cc1[N+](=O)[O-].Cl. The Morgan fingerprint density at radius 2 is 2.05 bits per heavy atom. The van der Waals surface area contributed by atoms with Crippen molar-refractivity contribution in [1.82, 2.24) is 4.31 Å². The van der Waals surface area contributed by atoms with Crippen LogP contribution < -0.4 is 10.5 Å². The molecule has 10 heteroatoms. The van der Waals surface area contributed by atoms with Crippen molar-refractivity contribution in [1.29, 1.82) is 0 Å². The van der Waals surface area contributed by atoms with Gasteiger partial charge in [-0.05, 0) is 18.1 Å². The summed E-state index contributed by atoms with van der Waals surface area (Å²) in [7, 11) is -2.50. The molecular formula is C12H18ClN3O5S. The number of benzene rings is 1. The van der Waals surface area contributed by atoms with Crippen molar-refractivity contribution < 1.29 is 18.1 Å². The number of nitro benzene ring substituents is 1. The molecule has 1 aliphatic heterocycles. The van der Waals surface area contributed by atoms with E-state index in [-0.39, 0.29) is 47.2 Å². The topological polar surface area (TPSA) is 116 Å². The average Bonchev–Trinajstić information content (AvgIpc) is 2.78. The summed E-state index contributed by atoms with van der Waals surface area (Å²) in [5.74, 6) is 0.0680. The van der Waals surface area contributed by atoms with Crippen LogP contribution in [0.3, 0.4) is 0 Å². The molecule has 0 radical (unpaired) electrons. The highest BCUT2D eigenvalue weighted by molar-refractivity contribution is 7.89. The number of nitrogens with zero attached hydrogens (tertiary/aromatic N) is 2. The van der Waals surface area contributed by atoms with Crippen LogP contribution in [0.4, 0.5) is 5.69 Å². The number of hydrogen-bond acceptors (Lipinski definition) is 6. The maximum Gasteiger partial charge on any atom is 0.312 e. The molecule has 2 rings (SSSR count). The summed E-state index contributed by atoms with van der Waals surface area (Å²) in [6.07, 6.45) is 0. The Hall–Kier alpha value is -1.42. The zero-order valence-electron chi connectivity index (χ0n) is 12.1. The van der Waals surface area contributed by atoms with Gasteiger partial charge in [0.1, 0.15) is 0 Å². The van der Waals surface area contributed by atoms with Gasteiger partial charge in [0.05, 0.1) is 16.9 Å². The minimum atomic E-state index is -3.79. The number of methoxy groups -OCH3 is 1. The zero-order valence-corrected chi connectivity index (χ0v) is 13.8. The van der Waals surface area contributed by atoms with E-state index >= 15 is 0 Å². The maximum absolute atomic E-state index is 12.5. The third-order valence-corrected chi connectivity index (χ3v) is 5.45. The van der Waals surface area contributed by atoms with Crippen LogP contribution in [0.2, 0.25) is 0 Å². The smallest absolute Gasteiger partial charge is 0.312 e. The quantitative estimate of drug-likeness (QED) is 0.638. The number of ether oxygens (including phenoxy) is 1. The van der Waals surface area contributed by atoms with Gasteiger partial charge in [-0.25, -0.2) is 8.42 Å². The molecule has 0 spiro atoms. The lowest BCUT2D eigenvalue weighted by molar-refractivity contribution is -0.386. The fourth-order valence-electron chi connectivity index (χ4n) is 2.26. The van der Waals surface area contributed by atoms with Crippen molar-refractivity contribution in [3.8, 4) is 5.75 Å². The minimum absolute atomic E-state index is 0. The summed E-state index contributed by atoms with van der Waals surface area (Å²) < 4.78 is 31.1. The fourth-order valence-corrected chi connectivity index (χ4v) is 3.86. The minimum Gasteiger partial charge on any atom is -0.490 e. The zero-order chi connectivity index (χ0) is 15.8. The first-order chi connectivity index (χ1) is 9.77. The van der Waals surface area contributed by atoms with Crippen molar-refractivity contribution in [3.63, 3.8) is 0 Å². The Morgan fingerprint density at radius 3 is 2.50 bits per heavy atom. The van der Waals surface area contributed by atoms with E-state index in [4.69, 9.17) is 10.5 Å². The van der Waals surface area contributed by atoms with E-state index in [1.165, 1.54) is 23.5 Å². The Morgan fingerprint density at radius 1 is 1.41 bits per heavy atom. The van der Waals surface area contributed by atoms with E-state index in [2.05, 4.69) is 0 Å². The molecule has 0 aliphatic carbocycles. The molecule has 124 valence electrons. The molecule has 1 heterocycles. The molecule has 1 saturated heterocycles. The standard InChI is InChI=1S/C12H17N3O5S.ClH/c1-8-6-14(7-10(8)13)21(18,19)9-3-4-12(20-2)11(5-9)15(16)17;/h3-5,8,10H,6-7,13H2,1-2H3;1H. The summed E-state index contributed by atoms with van der Waals surface area (Å²) in [6, 6.07) is 3.37. The van der Waals surface area contributed by atoms with Gasteiger partial charge in [-0.2, -0.15) is 4.31 Å². The summed E-state index contributed by atoms with van der Waals surface area (Å²) >= 11 is 0. The Balaban J connectivity index is 0.00000242. The molecule has 2 unspecified atom stereocenters. The number of nitro groups is 1. The van der Waals surface area contributed by atoms with Gasteiger partial charge < -0.3 is 10.5 Å². The van der Waals surface area contributed by atoms with E-state index in [0.717, 1.165) is 6.07 Å². The molecule has 0 saturated carbocycles. The summed E-state index contributed by atoms with van der Waals surface area (Å²) in [4.78, 5) is 10.2. The second kappa shape index (κ2) is 6.78. The molecule has 1 aromatic rings. The van der Waals surface area contributed by atoms with Crippen molar-refractivity contribution in [3.05, 3.63) is 28.3 Å². The van der Waals surface area contributed by atoms with Gasteiger partial charge in [-0.3, -0.25) is 10.1 Å². The van der Waals surface area contributed by atoms with Gasteiger partial charge >= 0.3 is 5.69 Å². The summed E-state index contributed by atoms with van der Waals surface area (Å²) in [5.41, 5.74) is 5.45. The van der Waals surface area contributed by atoms with E-state index < -0.39 is 14.9 Å². The number of hydrogen-bond donors (Lipinski definition) is 1. The van der Waals surface area contributed by atoms with Crippen LogP contribution >= 0.6 is 12.4 Å². The number of rotatable bonds is 4. The second-order valence-corrected chi connectivity index (χ2v) is 6.99. The number of sulfonamides is 1. The molecular weight excluding hydrogens is 334 g/mol. The second-order valence-electron chi connectivity index (χ2n) is 5.05. The van der Waals surface area contributed by atoms with Gasteiger partial charge in [0.25, 0.3) is 0 Å².